The zero-order valence-electron chi connectivity index (χ0n) is 26.1. The summed E-state index contributed by atoms with van der Waals surface area (Å²) in [5.74, 6) is 1.12. The van der Waals surface area contributed by atoms with Gasteiger partial charge < -0.3 is 19.2 Å². The number of nitrogens with zero attached hydrogens (tertiary/aromatic N) is 5. The Morgan fingerprint density at radius 3 is 1.83 bits per heavy atom. The molecule has 6 heterocycles. The van der Waals surface area contributed by atoms with Crippen molar-refractivity contribution in [3.8, 4) is 17.4 Å². The quantitative estimate of drug-likeness (QED) is 0.211. The van der Waals surface area contributed by atoms with Gasteiger partial charge in [-0.05, 0) is 37.1 Å². The lowest BCUT2D eigenvalue weighted by atomic mass is 10.0. The van der Waals surface area contributed by atoms with Crippen molar-refractivity contribution >= 4 is 36.1 Å². The topological polar surface area (TPSA) is 158 Å². The predicted molar refractivity (Wildman–Crippen MR) is 184 cm³/mol. The van der Waals surface area contributed by atoms with E-state index in [0.29, 0.717) is 42.3 Å². The Hall–Kier alpha value is -6.04. The lowest BCUT2D eigenvalue weighted by molar-refractivity contribution is 0.111. The second-order valence-corrected chi connectivity index (χ2v) is 10.5. The molecule has 2 aliphatic rings. The van der Waals surface area contributed by atoms with Crippen molar-refractivity contribution < 1.29 is 23.8 Å². The fourth-order valence-electron chi connectivity index (χ4n) is 4.89. The van der Waals surface area contributed by atoms with Crippen LogP contribution in [-0.4, -0.2) is 65.1 Å². The molecular formula is C36H36N6O6. The fourth-order valence-corrected chi connectivity index (χ4v) is 4.89. The normalized spacial score (nSPS) is 13.1. The monoisotopic (exact) mass is 648 g/mol. The van der Waals surface area contributed by atoms with Gasteiger partial charge in [0.2, 0.25) is 11.4 Å². The van der Waals surface area contributed by atoms with Crippen LogP contribution in [0.5, 0.6) is 17.4 Å². The molecule has 0 saturated carbocycles. The molecule has 0 fully saturated rings. The average Bonchev–Trinajstić information content (AvgIpc) is 3.74. The minimum atomic E-state index is -0.342. The first-order valence-corrected chi connectivity index (χ1v) is 14.6. The van der Waals surface area contributed by atoms with Gasteiger partial charge in [0.15, 0.2) is 12.6 Å². The summed E-state index contributed by atoms with van der Waals surface area (Å²) in [6, 6.07) is 10.3. The number of H-pyrrole nitrogens is 1. The van der Waals surface area contributed by atoms with Crippen molar-refractivity contribution in [3.63, 3.8) is 0 Å². The molecule has 0 aromatic carbocycles. The summed E-state index contributed by atoms with van der Waals surface area (Å²) in [7, 11) is 1.50. The van der Waals surface area contributed by atoms with Gasteiger partial charge in [0.25, 0.3) is 0 Å². The Bertz CT molecular complexity index is 1980. The molecule has 0 unspecified atom stereocenters. The van der Waals surface area contributed by atoms with E-state index in [2.05, 4.69) is 29.9 Å². The molecule has 0 aliphatic carbocycles. The second kappa shape index (κ2) is 16.5. The summed E-state index contributed by atoms with van der Waals surface area (Å²) >= 11 is 0. The molecule has 1 N–H and O–H groups in total. The van der Waals surface area contributed by atoms with Gasteiger partial charge in [0.1, 0.15) is 24.7 Å². The van der Waals surface area contributed by atoms with E-state index < -0.39 is 0 Å². The Balaban J connectivity index is 0.000000212. The highest BCUT2D eigenvalue weighted by Gasteiger charge is 2.17. The minimum Gasteiger partial charge on any atom is -0.487 e. The molecule has 2 aliphatic heterocycles. The number of hydrogen-bond donors (Lipinski definition) is 1. The molecule has 4 aromatic rings. The van der Waals surface area contributed by atoms with Crippen LogP contribution in [0.1, 0.15) is 64.5 Å². The van der Waals surface area contributed by atoms with Gasteiger partial charge in [-0.25, -0.2) is 4.98 Å². The summed E-state index contributed by atoms with van der Waals surface area (Å²) < 4.78 is 16.5. The number of carbonyl (C=O) groups is 2. The van der Waals surface area contributed by atoms with Gasteiger partial charge in [-0.1, -0.05) is 19.6 Å². The zero-order chi connectivity index (χ0) is 33.2. The molecule has 0 bridgehead atoms. The molecular weight excluding hydrogens is 612 g/mol. The largest absolute Gasteiger partial charge is 0.487 e. The van der Waals surface area contributed by atoms with Crippen LogP contribution >= 0.6 is 0 Å². The second-order valence-electron chi connectivity index (χ2n) is 10.5. The van der Waals surface area contributed by atoms with E-state index in [1.54, 1.807) is 18.5 Å². The minimum absolute atomic E-state index is 0. The van der Waals surface area contributed by atoms with Gasteiger partial charge in [0, 0.05) is 65.4 Å². The first-order chi connectivity index (χ1) is 22.9. The van der Waals surface area contributed by atoms with Crippen molar-refractivity contribution in [2.24, 2.45) is 9.98 Å². The van der Waals surface area contributed by atoms with Crippen LogP contribution in [0.3, 0.4) is 0 Å². The summed E-state index contributed by atoms with van der Waals surface area (Å²) in [6.45, 7) is 5.77. The van der Waals surface area contributed by atoms with Crippen LogP contribution in [0.4, 0.5) is 0 Å². The molecule has 12 heteroatoms. The van der Waals surface area contributed by atoms with Gasteiger partial charge in [-0.15, -0.1) is 0 Å². The van der Waals surface area contributed by atoms with Gasteiger partial charge in [-0.3, -0.25) is 34.3 Å². The summed E-state index contributed by atoms with van der Waals surface area (Å²) in [6.07, 6.45) is 11.4. The van der Waals surface area contributed by atoms with Crippen LogP contribution in [-0.2, 0) is 13.2 Å². The van der Waals surface area contributed by atoms with E-state index in [9.17, 15) is 14.4 Å². The number of ether oxygens (including phenoxy) is 3. The smallest absolute Gasteiger partial charge is 0.248 e. The number of nitrogens with one attached hydrogen (secondary N) is 1. The number of carbonyl (C=O) groups excluding carboxylic acids is 2. The maximum Gasteiger partial charge on any atom is 0.248 e. The summed E-state index contributed by atoms with van der Waals surface area (Å²) in [5, 5.41) is 0. The van der Waals surface area contributed by atoms with Crippen molar-refractivity contribution in [1.82, 2.24) is 19.9 Å². The van der Waals surface area contributed by atoms with Crippen molar-refractivity contribution in [3.05, 3.63) is 116 Å². The van der Waals surface area contributed by atoms with Gasteiger partial charge in [-0.2, -0.15) is 0 Å². The van der Waals surface area contributed by atoms with Gasteiger partial charge >= 0.3 is 0 Å². The standard InChI is InChI=1S/C18H17N3O3.C17H15N3O3.CH4/c1-12-7-19-8-15(12)18-13(4-3-5-20-18)11-24-16-9-21-17(23-2)6-14(16)10-22;1-11-6-18-7-14(11)17-12(3-2-4-19-17)10-23-15-8-20-16(22)5-13(15)9-21;/h3-7,9-10H,8,11H2,1-2H3;2-6,8-9H,7,10H2,1H3,(H,20,22);1H4. The zero-order valence-corrected chi connectivity index (χ0v) is 26.1. The molecule has 12 nitrogen and oxygen atoms in total. The SMILES string of the molecule is C.CC1=C(c2ncccc2COc2c[nH]c(=O)cc2C=O)CN=C1.COc1cc(C=O)c(OCc2cccnc2C2=C(C)C=NC2)cn1. The number of allylic oxidation sites excluding steroid dienone is 2. The molecule has 6 rings (SSSR count). The van der Waals surface area contributed by atoms with Crippen molar-refractivity contribution in [1.29, 1.82) is 0 Å². The van der Waals surface area contributed by atoms with E-state index >= 15 is 0 Å². The molecule has 0 spiro atoms. The maximum atomic E-state index is 11.2. The maximum absolute atomic E-state index is 11.2. The highest BCUT2D eigenvalue weighted by molar-refractivity contribution is 5.95. The number of hydrogen-bond acceptors (Lipinski definition) is 11. The van der Waals surface area contributed by atoms with Crippen LogP contribution in [0, 0.1) is 0 Å². The van der Waals surface area contributed by atoms with Crippen LogP contribution in [0.25, 0.3) is 11.1 Å². The van der Waals surface area contributed by atoms with Crippen molar-refractivity contribution in [2.75, 3.05) is 20.2 Å². The molecule has 246 valence electrons. The lowest BCUT2D eigenvalue weighted by Gasteiger charge is -2.12. The van der Waals surface area contributed by atoms with E-state index in [-0.39, 0.29) is 31.8 Å². The fraction of sp³-hybridized carbons (Fsp3) is 0.222. The number of rotatable bonds is 11. The number of aldehydes is 2. The summed E-state index contributed by atoms with van der Waals surface area (Å²) in [5.41, 5.74) is 8.19. The molecule has 48 heavy (non-hydrogen) atoms. The molecule has 0 atom stereocenters. The third-order valence-electron chi connectivity index (χ3n) is 7.39. The molecule has 4 aromatic heterocycles. The number of pyridine rings is 4. The first-order valence-electron chi connectivity index (χ1n) is 14.6. The van der Waals surface area contributed by atoms with E-state index in [4.69, 9.17) is 14.2 Å². The lowest BCUT2D eigenvalue weighted by Crippen LogP contribution is -2.09. The van der Waals surface area contributed by atoms with Crippen LogP contribution in [0.2, 0.25) is 0 Å². The molecule has 0 amide bonds. The Kier molecular flexibility index (Phi) is 12.0. The van der Waals surface area contributed by atoms with E-state index in [1.165, 1.54) is 25.6 Å². The third kappa shape index (κ3) is 8.21. The average molecular weight is 649 g/mol. The Morgan fingerprint density at radius 2 is 1.33 bits per heavy atom. The van der Waals surface area contributed by atoms with Gasteiger partial charge in [0.05, 0.1) is 48.9 Å². The van der Waals surface area contributed by atoms with E-state index in [1.807, 2.05) is 50.5 Å². The molecule has 0 saturated heterocycles. The van der Waals surface area contributed by atoms with Crippen molar-refractivity contribution in [2.45, 2.75) is 34.5 Å². The molecule has 0 radical (unpaired) electrons. The number of aromatic nitrogens is 4. The number of methoxy groups -OCH3 is 1. The number of aliphatic imine (C=N–C) groups is 2. The Morgan fingerprint density at radius 1 is 0.792 bits per heavy atom. The highest BCUT2D eigenvalue weighted by atomic mass is 16.5. The first kappa shape index (κ1) is 34.8. The van der Waals surface area contributed by atoms with E-state index in [0.717, 1.165) is 51.1 Å². The predicted octanol–water partition coefficient (Wildman–Crippen LogP) is 5.39. The third-order valence-corrected chi connectivity index (χ3v) is 7.39. The Labute approximate surface area is 278 Å². The van der Waals surface area contributed by atoms with Crippen LogP contribution in [0.15, 0.2) is 87.1 Å². The summed E-state index contributed by atoms with van der Waals surface area (Å²) in [4.78, 5) is 57.5. The number of aromatic amines is 1. The highest BCUT2D eigenvalue weighted by Crippen LogP contribution is 2.27. The van der Waals surface area contributed by atoms with Crippen LogP contribution < -0.4 is 19.8 Å².